The van der Waals surface area contributed by atoms with Gasteiger partial charge >= 0.3 is 0 Å². The predicted octanol–water partition coefficient (Wildman–Crippen LogP) is 5.62. The smallest absolute Gasteiger partial charge is 0.0520 e. The van der Waals surface area contributed by atoms with Crippen molar-refractivity contribution in [3.05, 3.63) is 62.0 Å². The maximum atomic E-state index is 3.65. The average Bonchev–Trinajstić information content (AvgIpc) is 2.79. The zero-order chi connectivity index (χ0) is 13.4. The van der Waals surface area contributed by atoms with E-state index in [1.807, 2.05) is 0 Å². The maximum Gasteiger partial charge on any atom is 0.0520 e. The third kappa shape index (κ3) is 2.59. The van der Waals surface area contributed by atoms with Crippen LogP contribution < -0.4 is 5.32 Å². The molecule has 3 rings (SSSR count). The molecule has 1 N–H and O–H groups in total. The molecule has 2 aromatic rings. The Balaban J connectivity index is 1.86. The molecule has 0 heterocycles. The van der Waals surface area contributed by atoms with Crippen molar-refractivity contribution < 1.29 is 0 Å². The molecule has 1 aliphatic carbocycles. The van der Waals surface area contributed by atoms with Crippen LogP contribution in [0.2, 0.25) is 0 Å². The van der Waals surface area contributed by atoms with Crippen molar-refractivity contribution in [1.29, 1.82) is 0 Å². The van der Waals surface area contributed by atoms with E-state index >= 15 is 0 Å². The summed E-state index contributed by atoms with van der Waals surface area (Å²) in [5.41, 5.74) is 5.31. The summed E-state index contributed by atoms with van der Waals surface area (Å²) in [6.07, 6.45) is 2.30. The molecule has 0 spiro atoms. The first-order valence-electron chi connectivity index (χ1n) is 6.45. The van der Waals surface area contributed by atoms with Crippen molar-refractivity contribution in [2.75, 3.05) is 5.32 Å². The fourth-order valence-corrected chi connectivity index (χ4v) is 3.60. The fraction of sp³-hybridized carbons (Fsp3) is 0.250. The Morgan fingerprint density at radius 1 is 1.11 bits per heavy atom. The molecular weight excluding hydrogens is 366 g/mol. The van der Waals surface area contributed by atoms with Gasteiger partial charge in [-0.15, -0.1) is 0 Å². The number of hydrogen-bond acceptors (Lipinski definition) is 1. The zero-order valence-corrected chi connectivity index (χ0v) is 13.9. The lowest BCUT2D eigenvalue weighted by Crippen LogP contribution is -2.07. The Labute approximate surface area is 130 Å². The molecule has 0 amide bonds. The Morgan fingerprint density at radius 3 is 2.74 bits per heavy atom. The third-order valence-electron chi connectivity index (χ3n) is 3.73. The highest BCUT2D eigenvalue weighted by molar-refractivity contribution is 9.10. The van der Waals surface area contributed by atoms with E-state index in [0.717, 1.165) is 17.3 Å². The number of aryl methyl sites for hydroxylation is 1. The molecule has 0 radical (unpaired) electrons. The molecule has 0 aromatic heterocycles. The maximum absolute atomic E-state index is 3.65. The minimum atomic E-state index is 0.419. The van der Waals surface area contributed by atoms with Crippen molar-refractivity contribution in [3.8, 4) is 0 Å². The first kappa shape index (κ1) is 13.2. The largest absolute Gasteiger partial charge is 0.378 e. The van der Waals surface area contributed by atoms with Crippen LogP contribution in [0.3, 0.4) is 0 Å². The number of rotatable bonds is 2. The van der Waals surface area contributed by atoms with Crippen LogP contribution in [0.4, 0.5) is 5.69 Å². The second-order valence-corrected chi connectivity index (χ2v) is 6.72. The highest BCUT2D eigenvalue weighted by Gasteiger charge is 2.23. The molecule has 0 saturated heterocycles. The molecule has 1 atom stereocenters. The average molecular weight is 381 g/mol. The van der Waals surface area contributed by atoms with Gasteiger partial charge in [-0.25, -0.2) is 0 Å². The van der Waals surface area contributed by atoms with Gasteiger partial charge in [0.25, 0.3) is 0 Å². The first-order chi connectivity index (χ1) is 9.15. The minimum Gasteiger partial charge on any atom is -0.378 e. The second kappa shape index (κ2) is 5.29. The van der Waals surface area contributed by atoms with E-state index in [0.29, 0.717) is 6.04 Å². The summed E-state index contributed by atoms with van der Waals surface area (Å²) >= 11 is 7.24. The van der Waals surface area contributed by atoms with Crippen LogP contribution in [0.15, 0.2) is 45.3 Å². The van der Waals surface area contributed by atoms with Crippen LogP contribution >= 0.6 is 31.9 Å². The van der Waals surface area contributed by atoms with Gasteiger partial charge < -0.3 is 5.32 Å². The second-order valence-electron chi connectivity index (χ2n) is 5.01. The summed E-state index contributed by atoms with van der Waals surface area (Å²) in [7, 11) is 0. The molecule has 0 bridgehead atoms. The highest BCUT2D eigenvalue weighted by atomic mass is 79.9. The SMILES string of the molecule is Cc1ccc(NC2CCc3c(Br)cccc32)cc1Br. The van der Waals surface area contributed by atoms with Crippen molar-refractivity contribution in [2.24, 2.45) is 0 Å². The van der Waals surface area contributed by atoms with Crippen LogP contribution in [0, 0.1) is 6.92 Å². The molecule has 1 nitrogen and oxygen atoms in total. The van der Waals surface area contributed by atoms with Crippen molar-refractivity contribution in [3.63, 3.8) is 0 Å². The molecular formula is C16H15Br2N. The standard InChI is InChI=1S/C16H15Br2N/c1-10-5-6-11(9-15(10)18)19-16-8-7-12-13(16)3-2-4-14(12)17/h2-6,9,16,19H,7-8H2,1H3. The Kier molecular flexibility index (Phi) is 3.68. The quantitative estimate of drug-likeness (QED) is 0.712. The molecule has 98 valence electrons. The van der Waals surface area contributed by atoms with Crippen LogP contribution in [0.5, 0.6) is 0 Å². The summed E-state index contributed by atoms with van der Waals surface area (Å²) in [5.74, 6) is 0. The van der Waals surface area contributed by atoms with Gasteiger partial charge in [0, 0.05) is 14.6 Å². The van der Waals surface area contributed by atoms with E-state index < -0.39 is 0 Å². The van der Waals surface area contributed by atoms with Gasteiger partial charge in [0.2, 0.25) is 0 Å². The van der Waals surface area contributed by atoms with Crippen molar-refractivity contribution in [1.82, 2.24) is 0 Å². The zero-order valence-electron chi connectivity index (χ0n) is 10.7. The molecule has 19 heavy (non-hydrogen) atoms. The van der Waals surface area contributed by atoms with E-state index in [9.17, 15) is 0 Å². The molecule has 0 fully saturated rings. The van der Waals surface area contributed by atoms with Crippen molar-refractivity contribution >= 4 is 37.5 Å². The Hall–Kier alpha value is -0.800. The van der Waals surface area contributed by atoms with Gasteiger partial charge in [-0.05, 0) is 54.7 Å². The van der Waals surface area contributed by atoms with E-state index in [-0.39, 0.29) is 0 Å². The summed E-state index contributed by atoms with van der Waals surface area (Å²) in [6, 6.07) is 13.3. The Morgan fingerprint density at radius 2 is 1.95 bits per heavy atom. The summed E-state index contributed by atoms with van der Waals surface area (Å²) in [6.45, 7) is 2.11. The van der Waals surface area contributed by atoms with Gasteiger partial charge in [0.1, 0.15) is 0 Å². The summed E-state index contributed by atoms with van der Waals surface area (Å²) in [4.78, 5) is 0. The normalized spacial score (nSPS) is 17.3. The molecule has 2 aromatic carbocycles. The highest BCUT2D eigenvalue weighted by Crippen LogP contribution is 2.37. The molecule has 0 saturated carbocycles. The van der Waals surface area contributed by atoms with Gasteiger partial charge in [-0.1, -0.05) is 50.1 Å². The Bertz CT molecular complexity index is 622. The van der Waals surface area contributed by atoms with Crippen LogP contribution in [-0.4, -0.2) is 0 Å². The van der Waals surface area contributed by atoms with Gasteiger partial charge in [0.15, 0.2) is 0 Å². The molecule has 1 aliphatic rings. The van der Waals surface area contributed by atoms with Gasteiger partial charge in [0.05, 0.1) is 6.04 Å². The third-order valence-corrected chi connectivity index (χ3v) is 5.32. The number of halogens is 2. The molecule has 3 heteroatoms. The minimum absolute atomic E-state index is 0.419. The summed E-state index contributed by atoms with van der Waals surface area (Å²) in [5, 5.41) is 3.64. The number of fused-ring (bicyclic) bond motifs is 1. The molecule has 0 aliphatic heterocycles. The van der Waals surface area contributed by atoms with Crippen LogP contribution in [0.25, 0.3) is 0 Å². The lowest BCUT2D eigenvalue weighted by atomic mass is 10.1. The first-order valence-corrected chi connectivity index (χ1v) is 8.04. The van der Waals surface area contributed by atoms with Crippen LogP contribution in [-0.2, 0) is 6.42 Å². The van der Waals surface area contributed by atoms with Crippen molar-refractivity contribution in [2.45, 2.75) is 25.8 Å². The predicted molar refractivity (Wildman–Crippen MR) is 87.7 cm³/mol. The van der Waals surface area contributed by atoms with E-state index in [1.54, 1.807) is 0 Å². The van der Waals surface area contributed by atoms with E-state index in [2.05, 4.69) is 80.5 Å². The number of hydrogen-bond donors (Lipinski definition) is 1. The van der Waals surface area contributed by atoms with E-state index in [4.69, 9.17) is 0 Å². The molecule has 1 unspecified atom stereocenters. The van der Waals surface area contributed by atoms with Gasteiger partial charge in [-0.2, -0.15) is 0 Å². The van der Waals surface area contributed by atoms with E-state index in [1.165, 1.54) is 26.9 Å². The number of anilines is 1. The number of benzene rings is 2. The monoisotopic (exact) mass is 379 g/mol. The summed E-state index contributed by atoms with van der Waals surface area (Å²) < 4.78 is 2.39. The lowest BCUT2D eigenvalue weighted by Gasteiger charge is -2.16. The van der Waals surface area contributed by atoms with Gasteiger partial charge in [-0.3, -0.25) is 0 Å². The van der Waals surface area contributed by atoms with Crippen LogP contribution in [0.1, 0.15) is 29.2 Å². The fourth-order valence-electron chi connectivity index (χ4n) is 2.64. The lowest BCUT2D eigenvalue weighted by molar-refractivity contribution is 0.762. The topological polar surface area (TPSA) is 12.0 Å². The number of nitrogens with one attached hydrogen (secondary N) is 1.